The number of ether oxygens (including phenoxy) is 1. The molecule has 19 heavy (non-hydrogen) atoms. The molecular weight excluding hydrogens is 269 g/mol. The summed E-state index contributed by atoms with van der Waals surface area (Å²) in [5, 5.41) is 10.6. The van der Waals surface area contributed by atoms with Crippen molar-refractivity contribution in [2.45, 2.75) is 19.8 Å². The summed E-state index contributed by atoms with van der Waals surface area (Å²) in [6.45, 7) is 1.60. The van der Waals surface area contributed by atoms with Gasteiger partial charge in [-0.05, 0) is 6.92 Å². The van der Waals surface area contributed by atoms with E-state index in [1.807, 2.05) is 0 Å². The van der Waals surface area contributed by atoms with E-state index in [2.05, 4.69) is 9.72 Å². The van der Waals surface area contributed by atoms with Crippen LogP contribution in [0.3, 0.4) is 0 Å². The highest BCUT2D eigenvalue weighted by Crippen LogP contribution is 2.31. The number of hydrogen-bond acceptors (Lipinski definition) is 5. The molecule has 1 rings (SSSR count). The first-order valence-corrected chi connectivity index (χ1v) is 5.14. The summed E-state index contributed by atoms with van der Waals surface area (Å²) in [5.74, 6) is -2.45. The number of rotatable bonds is 5. The van der Waals surface area contributed by atoms with Crippen LogP contribution >= 0.6 is 0 Å². The quantitative estimate of drug-likeness (QED) is 0.357. The summed E-state index contributed by atoms with van der Waals surface area (Å²) in [7, 11) is 0. The van der Waals surface area contributed by atoms with Crippen LogP contribution in [0.25, 0.3) is 0 Å². The molecular formula is C10H9F3N2O4. The molecule has 0 fully saturated rings. The molecule has 1 aromatic rings. The standard InChI is InChI=1S/C10H9F3N2O4/c1-2-19-7(16)4-5-3-6(15(17)18)8(9(11)12)10(13)14-5/h3,9H,2,4H2,1H3. The van der Waals surface area contributed by atoms with Crippen LogP contribution < -0.4 is 0 Å². The van der Waals surface area contributed by atoms with Crippen molar-refractivity contribution >= 4 is 11.7 Å². The fourth-order valence-corrected chi connectivity index (χ4v) is 1.36. The minimum Gasteiger partial charge on any atom is -0.466 e. The summed E-state index contributed by atoms with van der Waals surface area (Å²) >= 11 is 0. The van der Waals surface area contributed by atoms with Gasteiger partial charge in [-0.1, -0.05) is 0 Å². The van der Waals surface area contributed by atoms with Gasteiger partial charge in [-0.15, -0.1) is 0 Å². The number of hydrogen-bond donors (Lipinski definition) is 0. The van der Waals surface area contributed by atoms with E-state index in [1.165, 1.54) is 6.92 Å². The molecule has 0 aliphatic carbocycles. The summed E-state index contributed by atoms with van der Waals surface area (Å²) in [6, 6.07) is 0.640. The van der Waals surface area contributed by atoms with Crippen molar-refractivity contribution in [1.29, 1.82) is 0 Å². The first-order chi connectivity index (χ1) is 8.86. The summed E-state index contributed by atoms with van der Waals surface area (Å²) in [6.07, 6.45) is -3.90. The van der Waals surface area contributed by atoms with Crippen LogP contribution in [0, 0.1) is 16.1 Å². The third kappa shape index (κ3) is 3.63. The average molecular weight is 278 g/mol. The summed E-state index contributed by atoms with van der Waals surface area (Å²) in [5.41, 5.74) is -2.84. The van der Waals surface area contributed by atoms with Gasteiger partial charge >= 0.3 is 5.97 Å². The summed E-state index contributed by atoms with van der Waals surface area (Å²) in [4.78, 5) is 23.7. The second-order valence-electron chi connectivity index (χ2n) is 3.38. The Morgan fingerprint density at radius 2 is 2.21 bits per heavy atom. The van der Waals surface area contributed by atoms with Crippen molar-refractivity contribution in [3.8, 4) is 0 Å². The lowest BCUT2D eigenvalue weighted by molar-refractivity contribution is -0.386. The van der Waals surface area contributed by atoms with Crippen molar-refractivity contribution in [3.63, 3.8) is 0 Å². The molecule has 1 heterocycles. The Bertz CT molecular complexity index is 508. The maximum atomic E-state index is 13.3. The molecule has 1 aromatic heterocycles. The smallest absolute Gasteiger partial charge is 0.311 e. The molecule has 0 atom stereocenters. The number of pyridine rings is 1. The Hall–Kier alpha value is -2.19. The van der Waals surface area contributed by atoms with Crippen molar-refractivity contribution < 1.29 is 27.6 Å². The number of halogens is 3. The largest absolute Gasteiger partial charge is 0.466 e. The SMILES string of the molecule is CCOC(=O)Cc1cc([N+](=O)[O-])c(C(F)F)c(F)n1. The molecule has 0 radical (unpaired) electrons. The van der Waals surface area contributed by atoms with Gasteiger partial charge in [0, 0.05) is 6.07 Å². The molecule has 0 saturated heterocycles. The third-order valence-electron chi connectivity index (χ3n) is 2.09. The number of nitro groups is 1. The molecule has 104 valence electrons. The van der Waals surface area contributed by atoms with Crippen LogP contribution in [-0.4, -0.2) is 22.5 Å². The maximum absolute atomic E-state index is 13.3. The fourth-order valence-electron chi connectivity index (χ4n) is 1.36. The molecule has 0 amide bonds. The van der Waals surface area contributed by atoms with Gasteiger partial charge in [0.15, 0.2) is 5.56 Å². The Morgan fingerprint density at radius 1 is 1.58 bits per heavy atom. The molecule has 0 aromatic carbocycles. The molecule has 0 N–H and O–H groups in total. The monoisotopic (exact) mass is 278 g/mol. The van der Waals surface area contributed by atoms with E-state index in [0.717, 1.165) is 0 Å². The molecule has 0 saturated carbocycles. The number of nitrogens with zero attached hydrogens (tertiary/aromatic N) is 2. The Kier molecular flexibility index (Phi) is 4.79. The molecule has 6 nitrogen and oxygen atoms in total. The number of esters is 1. The van der Waals surface area contributed by atoms with E-state index in [0.29, 0.717) is 6.07 Å². The Balaban J connectivity index is 3.17. The predicted octanol–water partition coefficient (Wildman–Crippen LogP) is 2.17. The average Bonchev–Trinajstić information content (AvgIpc) is 2.27. The zero-order chi connectivity index (χ0) is 14.6. The van der Waals surface area contributed by atoms with Gasteiger partial charge in [0.2, 0.25) is 5.95 Å². The van der Waals surface area contributed by atoms with E-state index >= 15 is 0 Å². The Morgan fingerprint density at radius 3 is 2.68 bits per heavy atom. The van der Waals surface area contributed by atoms with E-state index < -0.39 is 40.9 Å². The van der Waals surface area contributed by atoms with E-state index in [9.17, 15) is 28.1 Å². The molecule has 0 bridgehead atoms. The van der Waals surface area contributed by atoms with Gasteiger partial charge in [-0.25, -0.2) is 13.8 Å². The van der Waals surface area contributed by atoms with E-state index in [4.69, 9.17) is 0 Å². The van der Waals surface area contributed by atoms with Crippen LogP contribution in [0.5, 0.6) is 0 Å². The minimum atomic E-state index is -3.37. The molecule has 0 unspecified atom stereocenters. The Labute approximate surface area is 105 Å². The maximum Gasteiger partial charge on any atom is 0.311 e. The third-order valence-corrected chi connectivity index (χ3v) is 2.09. The lowest BCUT2D eigenvalue weighted by Crippen LogP contribution is -2.11. The fraction of sp³-hybridized carbons (Fsp3) is 0.400. The van der Waals surface area contributed by atoms with Crippen molar-refractivity contribution in [1.82, 2.24) is 4.98 Å². The van der Waals surface area contributed by atoms with Gasteiger partial charge in [0.05, 0.1) is 23.6 Å². The van der Waals surface area contributed by atoms with Crippen LogP contribution in [-0.2, 0) is 16.0 Å². The number of alkyl halides is 2. The van der Waals surface area contributed by atoms with Crippen LogP contribution in [0.4, 0.5) is 18.9 Å². The zero-order valence-corrected chi connectivity index (χ0v) is 9.73. The molecule has 0 aliphatic heterocycles. The number of carbonyl (C=O) groups is 1. The van der Waals surface area contributed by atoms with Gasteiger partial charge in [-0.2, -0.15) is 4.39 Å². The number of aromatic nitrogens is 1. The lowest BCUT2D eigenvalue weighted by atomic mass is 10.2. The second kappa shape index (κ2) is 6.12. The van der Waals surface area contributed by atoms with Gasteiger partial charge in [-0.3, -0.25) is 14.9 Å². The van der Waals surface area contributed by atoms with Crippen LogP contribution in [0.2, 0.25) is 0 Å². The van der Waals surface area contributed by atoms with Crippen LogP contribution in [0.1, 0.15) is 24.6 Å². The van der Waals surface area contributed by atoms with E-state index in [1.54, 1.807) is 0 Å². The topological polar surface area (TPSA) is 82.3 Å². The highest BCUT2D eigenvalue weighted by molar-refractivity contribution is 5.72. The highest BCUT2D eigenvalue weighted by Gasteiger charge is 2.28. The lowest BCUT2D eigenvalue weighted by Gasteiger charge is -2.06. The highest BCUT2D eigenvalue weighted by atomic mass is 19.3. The number of carbonyl (C=O) groups excluding carboxylic acids is 1. The molecule has 9 heteroatoms. The van der Waals surface area contributed by atoms with Crippen molar-refractivity contribution in [2.75, 3.05) is 6.61 Å². The second-order valence-corrected chi connectivity index (χ2v) is 3.38. The minimum absolute atomic E-state index is 0.0680. The molecule has 0 spiro atoms. The molecule has 0 aliphatic rings. The van der Waals surface area contributed by atoms with E-state index in [-0.39, 0.29) is 12.3 Å². The van der Waals surface area contributed by atoms with Crippen molar-refractivity contribution in [3.05, 3.63) is 33.4 Å². The van der Waals surface area contributed by atoms with Gasteiger partial charge in [0.25, 0.3) is 12.1 Å². The first-order valence-electron chi connectivity index (χ1n) is 5.14. The predicted molar refractivity (Wildman–Crippen MR) is 56.1 cm³/mol. The van der Waals surface area contributed by atoms with Gasteiger partial charge in [0.1, 0.15) is 0 Å². The zero-order valence-electron chi connectivity index (χ0n) is 9.73. The first kappa shape index (κ1) is 14.9. The van der Waals surface area contributed by atoms with Gasteiger partial charge < -0.3 is 4.74 Å². The van der Waals surface area contributed by atoms with Crippen molar-refractivity contribution in [2.24, 2.45) is 0 Å². The van der Waals surface area contributed by atoms with Crippen LogP contribution in [0.15, 0.2) is 6.07 Å². The normalized spacial score (nSPS) is 10.6. The summed E-state index contributed by atoms with van der Waals surface area (Å²) < 4.78 is 42.8.